The third-order valence-corrected chi connectivity index (χ3v) is 3.45. The summed E-state index contributed by atoms with van der Waals surface area (Å²) in [6.07, 6.45) is 1.86. The number of benzene rings is 1. The molecule has 0 saturated heterocycles. The summed E-state index contributed by atoms with van der Waals surface area (Å²) in [6.45, 7) is 5.20. The molecule has 0 aliphatic carbocycles. The average molecular weight is 278 g/mol. The van der Waals surface area contributed by atoms with Gasteiger partial charge < -0.3 is 9.72 Å². The van der Waals surface area contributed by atoms with E-state index < -0.39 is 0 Å². The van der Waals surface area contributed by atoms with Crippen LogP contribution in [0.2, 0.25) is 5.02 Å². The molecule has 1 aromatic carbocycles. The lowest BCUT2D eigenvalue weighted by atomic mass is 10.2. The van der Waals surface area contributed by atoms with Gasteiger partial charge in [-0.15, -0.1) is 0 Å². The summed E-state index contributed by atoms with van der Waals surface area (Å²) in [5.41, 5.74) is 2.22. The Hall–Kier alpha value is -1.52. The van der Waals surface area contributed by atoms with Gasteiger partial charge in [0.15, 0.2) is 0 Å². The highest BCUT2D eigenvalue weighted by Crippen LogP contribution is 2.26. The molecule has 0 atom stereocenters. The molecule has 0 fully saturated rings. The number of imidazole rings is 1. The molecule has 0 radical (unpaired) electrons. The minimum Gasteiger partial charge on any atom is -0.492 e. The maximum absolute atomic E-state index is 6.05. The Balaban J connectivity index is 1.77. The fourth-order valence-corrected chi connectivity index (χ4v) is 2.51. The van der Waals surface area contributed by atoms with Crippen molar-refractivity contribution >= 4 is 11.6 Å². The van der Waals surface area contributed by atoms with Crippen LogP contribution in [0.3, 0.4) is 0 Å². The first kappa shape index (κ1) is 12.5. The van der Waals surface area contributed by atoms with E-state index in [-0.39, 0.29) is 0 Å². The lowest BCUT2D eigenvalue weighted by Crippen LogP contribution is -2.25. The lowest BCUT2D eigenvalue weighted by molar-refractivity contribution is 0.216. The van der Waals surface area contributed by atoms with Crippen LogP contribution in [0.5, 0.6) is 5.75 Å². The molecule has 0 spiro atoms. The highest BCUT2D eigenvalue weighted by molar-refractivity contribution is 6.30. The zero-order chi connectivity index (χ0) is 13.2. The molecule has 3 rings (SSSR count). The van der Waals surface area contributed by atoms with Gasteiger partial charge in [0, 0.05) is 35.6 Å². The van der Waals surface area contributed by atoms with Crippen LogP contribution in [-0.2, 0) is 13.1 Å². The Labute approximate surface area is 117 Å². The van der Waals surface area contributed by atoms with Crippen molar-refractivity contribution in [2.24, 2.45) is 0 Å². The van der Waals surface area contributed by atoms with Crippen LogP contribution >= 0.6 is 11.6 Å². The van der Waals surface area contributed by atoms with E-state index in [0.29, 0.717) is 6.61 Å². The summed E-state index contributed by atoms with van der Waals surface area (Å²) in [4.78, 5) is 9.92. The van der Waals surface area contributed by atoms with Crippen molar-refractivity contribution in [1.82, 2.24) is 14.9 Å². The van der Waals surface area contributed by atoms with Crippen molar-refractivity contribution in [2.45, 2.75) is 20.0 Å². The Bertz CT molecular complexity index is 582. The van der Waals surface area contributed by atoms with E-state index in [4.69, 9.17) is 16.3 Å². The number of hydrogen-bond donors (Lipinski definition) is 1. The van der Waals surface area contributed by atoms with Crippen LogP contribution < -0.4 is 4.74 Å². The summed E-state index contributed by atoms with van der Waals surface area (Å²) in [7, 11) is 0. The van der Waals surface area contributed by atoms with E-state index in [1.165, 1.54) is 0 Å². The number of aromatic amines is 1. The van der Waals surface area contributed by atoms with Crippen molar-refractivity contribution in [3.63, 3.8) is 0 Å². The zero-order valence-corrected chi connectivity index (χ0v) is 11.6. The van der Waals surface area contributed by atoms with Gasteiger partial charge in [-0.25, -0.2) is 4.98 Å². The predicted octanol–water partition coefficient (Wildman–Crippen LogP) is 2.77. The summed E-state index contributed by atoms with van der Waals surface area (Å²) < 4.78 is 5.75. The summed E-state index contributed by atoms with van der Waals surface area (Å²) in [6, 6.07) is 5.78. The minimum absolute atomic E-state index is 0.689. The number of rotatable bonds is 2. The lowest BCUT2D eigenvalue weighted by Gasteiger charge is -2.17. The van der Waals surface area contributed by atoms with Crippen LogP contribution in [0.1, 0.15) is 17.1 Å². The van der Waals surface area contributed by atoms with Crippen molar-refractivity contribution in [1.29, 1.82) is 0 Å². The van der Waals surface area contributed by atoms with Crippen LogP contribution in [0.15, 0.2) is 24.4 Å². The molecule has 1 aromatic heterocycles. The van der Waals surface area contributed by atoms with Crippen LogP contribution in [-0.4, -0.2) is 28.0 Å². The summed E-state index contributed by atoms with van der Waals surface area (Å²) in [5.74, 6) is 1.92. The highest BCUT2D eigenvalue weighted by Gasteiger charge is 2.16. The van der Waals surface area contributed by atoms with Gasteiger partial charge >= 0.3 is 0 Å². The fourth-order valence-electron chi connectivity index (χ4n) is 2.31. The number of aromatic nitrogens is 2. The number of halogens is 1. The van der Waals surface area contributed by atoms with Crippen molar-refractivity contribution in [3.8, 4) is 5.75 Å². The maximum Gasteiger partial charge on any atom is 0.123 e. The second-order valence-corrected chi connectivity index (χ2v) is 5.26. The topological polar surface area (TPSA) is 41.2 Å². The Morgan fingerprint density at radius 3 is 3.16 bits per heavy atom. The highest BCUT2D eigenvalue weighted by atomic mass is 35.5. The number of nitrogens with zero attached hydrogens (tertiary/aromatic N) is 2. The third kappa shape index (κ3) is 2.91. The number of H-pyrrole nitrogens is 1. The first-order valence-corrected chi connectivity index (χ1v) is 6.72. The Morgan fingerprint density at radius 2 is 2.37 bits per heavy atom. The average Bonchev–Trinajstić information content (AvgIpc) is 2.67. The van der Waals surface area contributed by atoms with Crippen molar-refractivity contribution in [2.75, 3.05) is 13.2 Å². The first-order valence-electron chi connectivity index (χ1n) is 6.35. The molecule has 2 heterocycles. The molecule has 100 valence electrons. The summed E-state index contributed by atoms with van der Waals surface area (Å²) in [5, 5.41) is 0.748. The number of fused-ring (bicyclic) bond motifs is 1. The predicted molar refractivity (Wildman–Crippen MR) is 74.4 cm³/mol. The van der Waals surface area contributed by atoms with Gasteiger partial charge in [-0.1, -0.05) is 11.6 Å². The third-order valence-electron chi connectivity index (χ3n) is 3.21. The van der Waals surface area contributed by atoms with E-state index in [2.05, 4.69) is 14.9 Å². The summed E-state index contributed by atoms with van der Waals surface area (Å²) >= 11 is 6.05. The van der Waals surface area contributed by atoms with E-state index in [0.717, 1.165) is 47.5 Å². The SMILES string of the molecule is Cc1cnc(CN2CCOc3ccc(Cl)cc3C2)[nH]1. The number of nitrogens with one attached hydrogen (secondary N) is 1. The molecule has 2 aromatic rings. The molecule has 0 amide bonds. The molecule has 19 heavy (non-hydrogen) atoms. The van der Waals surface area contributed by atoms with Crippen molar-refractivity contribution in [3.05, 3.63) is 46.5 Å². The Morgan fingerprint density at radius 1 is 1.47 bits per heavy atom. The molecule has 1 aliphatic rings. The molecular weight excluding hydrogens is 262 g/mol. The number of ether oxygens (including phenoxy) is 1. The van der Waals surface area contributed by atoms with Gasteiger partial charge in [-0.05, 0) is 25.1 Å². The van der Waals surface area contributed by atoms with E-state index in [1.807, 2.05) is 31.3 Å². The Kier molecular flexibility index (Phi) is 3.44. The van der Waals surface area contributed by atoms with Gasteiger partial charge in [-0.3, -0.25) is 4.90 Å². The zero-order valence-electron chi connectivity index (χ0n) is 10.8. The molecule has 0 bridgehead atoms. The largest absolute Gasteiger partial charge is 0.492 e. The smallest absolute Gasteiger partial charge is 0.123 e. The van der Waals surface area contributed by atoms with Gasteiger partial charge in [0.05, 0.1) is 6.54 Å². The molecule has 0 unspecified atom stereocenters. The van der Waals surface area contributed by atoms with Gasteiger partial charge in [0.25, 0.3) is 0 Å². The van der Waals surface area contributed by atoms with E-state index >= 15 is 0 Å². The number of aryl methyl sites for hydroxylation is 1. The van der Waals surface area contributed by atoms with Gasteiger partial charge in [0.1, 0.15) is 18.2 Å². The maximum atomic E-state index is 6.05. The van der Waals surface area contributed by atoms with Crippen LogP contribution in [0, 0.1) is 6.92 Å². The monoisotopic (exact) mass is 277 g/mol. The van der Waals surface area contributed by atoms with Crippen LogP contribution in [0.25, 0.3) is 0 Å². The molecule has 5 heteroatoms. The second kappa shape index (κ2) is 5.23. The van der Waals surface area contributed by atoms with Gasteiger partial charge in [-0.2, -0.15) is 0 Å². The molecule has 1 aliphatic heterocycles. The van der Waals surface area contributed by atoms with E-state index in [1.54, 1.807) is 0 Å². The standard InChI is InChI=1S/C14H16ClN3O/c1-10-7-16-14(17-10)9-18-4-5-19-13-3-2-12(15)6-11(13)8-18/h2-3,6-7H,4-5,8-9H2,1H3,(H,16,17). The normalized spacial score (nSPS) is 15.7. The molecule has 4 nitrogen and oxygen atoms in total. The minimum atomic E-state index is 0.689. The number of hydrogen-bond acceptors (Lipinski definition) is 3. The molecular formula is C14H16ClN3O. The second-order valence-electron chi connectivity index (χ2n) is 4.82. The molecule has 1 N–H and O–H groups in total. The van der Waals surface area contributed by atoms with E-state index in [9.17, 15) is 0 Å². The first-order chi connectivity index (χ1) is 9.20. The molecule has 0 saturated carbocycles. The van der Waals surface area contributed by atoms with Crippen LogP contribution in [0.4, 0.5) is 0 Å². The van der Waals surface area contributed by atoms with Crippen molar-refractivity contribution < 1.29 is 4.74 Å². The van der Waals surface area contributed by atoms with Gasteiger partial charge in [0.2, 0.25) is 0 Å². The quantitative estimate of drug-likeness (QED) is 0.918. The fraction of sp³-hybridized carbons (Fsp3) is 0.357.